The van der Waals surface area contributed by atoms with Crippen LogP contribution in [0.4, 0.5) is 24.5 Å². The first-order valence-corrected chi connectivity index (χ1v) is 4.85. The van der Waals surface area contributed by atoms with E-state index in [1.807, 2.05) is 0 Å². The smallest absolute Gasteiger partial charge is 0.480 e. The summed E-state index contributed by atoms with van der Waals surface area (Å²) in [7, 11) is 0. The van der Waals surface area contributed by atoms with Gasteiger partial charge in [0.15, 0.2) is 0 Å². The van der Waals surface area contributed by atoms with Gasteiger partial charge in [0.2, 0.25) is 0 Å². The van der Waals surface area contributed by atoms with E-state index >= 15 is 0 Å². The van der Waals surface area contributed by atoms with Gasteiger partial charge in [0.25, 0.3) is 5.69 Å². The number of carbonyl (C=O) groups is 1. The van der Waals surface area contributed by atoms with E-state index in [-0.39, 0.29) is 0 Å². The fourth-order valence-electron chi connectivity index (χ4n) is 1.37. The number of nitrogens with zero attached hydrogens (tertiary/aromatic N) is 1. The second-order valence-corrected chi connectivity index (χ2v) is 3.57. The van der Waals surface area contributed by atoms with Crippen LogP contribution >= 0.6 is 0 Å². The van der Waals surface area contributed by atoms with Gasteiger partial charge in [-0.3, -0.25) is 14.9 Å². The zero-order valence-corrected chi connectivity index (χ0v) is 9.55. The Hall–Kier alpha value is -2.56. The number of alkyl halides is 3. The molecule has 11 heteroatoms. The average Bonchev–Trinajstić information content (AvgIpc) is 2.27. The van der Waals surface area contributed by atoms with Crippen molar-refractivity contribution in [1.29, 1.82) is 0 Å². The molecule has 0 aliphatic rings. The van der Waals surface area contributed by atoms with Crippen molar-refractivity contribution < 1.29 is 32.7 Å². The van der Waals surface area contributed by atoms with Crippen LogP contribution in [0.2, 0.25) is 0 Å². The number of benzene rings is 1. The second kappa shape index (κ2) is 5.21. The van der Waals surface area contributed by atoms with E-state index in [1.165, 1.54) is 0 Å². The summed E-state index contributed by atoms with van der Waals surface area (Å²) in [5.74, 6) is -2.60. The third kappa shape index (κ3) is 3.47. The summed E-state index contributed by atoms with van der Waals surface area (Å²) in [6, 6.07) is -0.805. The van der Waals surface area contributed by atoms with Crippen LogP contribution in [0.25, 0.3) is 0 Å². The molecule has 0 fully saturated rings. The number of nitro benzene ring substituents is 1. The number of hydrogen-bond donors (Lipinski definition) is 3. The van der Waals surface area contributed by atoms with Crippen LogP contribution in [0.3, 0.4) is 0 Å². The molecule has 0 saturated carbocycles. The van der Waals surface area contributed by atoms with E-state index < -0.39 is 46.0 Å². The van der Waals surface area contributed by atoms with E-state index in [0.717, 1.165) is 0 Å². The molecule has 0 spiro atoms. The molecule has 0 heterocycles. The maximum atomic E-state index is 12.1. The fourth-order valence-corrected chi connectivity index (χ4v) is 1.37. The molecule has 0 aliphatic carbocycles. The maximum absolute atomic E-state index is 12.1. The summed E-state index contributed by atoms with van der Waals surface area (Å²) < 4.78 is 39.8. The van der Waals surface area contributed by atoms with Crippen LogP contribution < -0.4 is 16.2 Å². The van der Waals surface area contributed by atoms with E-state index in [4.69, 9.17) is 16.6 Å². The Kier molecular flexibility index (Phi) is 4.03. The van der Waals surface area contributed by atoms with Gasteiger partial charge in [-0.2, -0.15) is 0 Å². The highest BCUT2D eigenvalue weighted by molar-refractivity contribution is 5.80. The minimum atomic E-state index is -5.10. The number of aliphatic carboxylic acids is 1. The molecular formula is C9H8F3N3O5. The molecule has 0 aliphatic heterocycles. The molecule has 1 aromatic rings. The number of nitrogens with two attached hydrogens (primary N) is 2. The van der Waals surface area contributed by atoms with Crippen molar-refractivity contribution >= 4 is 17.3 Å². The summed E-state index contributed by atoms with van der Waals surface area (Å²) in [6.07, 6.45) is -5.10. The Morgan fingerprint density at radius 2 is 2.00 bits per heavy atom. The molecule has 20 heavy (non-hydrogen) atoms. The first-order chi connectivity index (χ1) is 9.03. The van der Waals surface area contributed by atoms with Crippen molar-refractivity contribution in [1.82, 2.24) is 0 Å². The van der Waals surface area contributed by atoms with Gasteiger partial charge in [-0.15, -0.1) is 13.2 Å². The van der Waals surface area contributed by atoms with Gasteiger partial charge in [-0.25, -0.2) is 0 Å². The van der Waals surface area contributed by atoms with Gasteiger partial charge in [-0.05, 0) is 6.07 Å². The van der Waals surface area contributed by atoms with Crippen LogP contribution in [-0.4, -0.2) is 22.4 Å². The molecule has 0 amide bonds. The van der Waals surface area contributed by atoms with Crippen LogP contribution in [0.5, 0.6) is 5.75 Å². The predicted molar refractivity (Wildman–Crippen MR) is 58.8 cm³/mol. The number of ether oxygens (including phenoxy) is 1. The molecule has 0 saturated heterocycles. The number of nitrogen functional groups attached to an aromatic ring is 1. The van der Waals surface area contributed by atoms with Crippen molar-refractivity contribution in [2.45, 2.75) is 12.4 Å². The van der Waals surface area contributed by atoms with E-state index in [1.54, 1.807) is 0 Å². The third-order valence-electron chi connectivity index (χ3n) is 2.20. The molecule has 0 radical (unpaired) electrons. The number of anilines is 1. The molecule has 0 aromatic heterocycles. The third-order valence-corrected chi connectivity index (χ3v) is 2.20. The Morgan fingerprint density at radius 3 is 2.40 bits per heavy atom. The zero-order chi connectivity index (χ0) is 15.7. The van der Waals surface area contributed by atoms with Crippen LogP contribution in [0.15, 0.2) is 12.1 Å². The van der Waals surface area contributed by atoms with Crippen molar-refractivity contribution in [3.63, 3.8) is 0 Å². The predicted octanol–water partition coefficient (Wildman–Crippen LogP) is 1.16. The highest BCUT2D eigenvalue weighted by atomic mass is 19.4. The molecule has 8 nitrogen and oxygen atoms in total. The number of rotatable bonds is 4. The van der Waals surface area contributed by atoms with Crippen molar-refractivity contribution in [2.24, 2.45) is 5.73 Å². The van der Waals surface area contributed by atoms with Crippen molar-refractivity contribution in [2.75, 3.05) is 5.73 Å². The molecule has 1 aromatic carbocycles. The zero-order valence-electron chi connectivity index (χ0n) is 9.55. The molecule has 5 N–H and O–H groups in total. The lowest BCUT2D eigenvalue weighted by Crippen LogP contribution is -2.23. The highest BCUT2D eigenvalue weighted by Crippen LogP contribution is 2.35. The normalized spacial score (nSPS) is 12.8. The van der Waals surface area contributed by atoms with Gasteiger partial charge < -0.3 is 21.3 Å². The number of nitro groups is 1. The lowest BCUT2D eigenvalue weighted by atomic mass is 10.0. The van der Waals surface area contributed by atoms with E-state index in [9.17, 15) is 28.1 Å². The van der Waals surface area contributed by atoms with Gasteiger partial charge in [-0.1, -0.05) is 0 Å². The Morgan fingerprint density at radius 1 is 1.45 bits per heavy atom. The van der Waals surface area contributed by atoms with Crippen LogP contribution in [0.1, 0.15) is 11.6 Å². The summed E-state index contributed by atoms with van der Waals surface area (Å²) in [5.41, 5.74) is 8.41. The summed E-state index contributed by atoms with van der Waals surface area (Å²) in [5, 5.41) is 19.4. The highest BCUT2D eigenvalue weighted by Gasteiger charge is 2.33. The average molecular weight is 295 g/mol. The molecule has 0 bridgehead atoms. The molecule has 1 rings (SSSR count). The Balaban J connectivity index is 3.43. The molecular weight excluding hydrogens is 287 g/mol. The van der Waals surface area contributed by atoms with Gasteiger partial charge in [0.1, 0.15) is 17.5 Å². The van der Waals surface area contributed by atoms with Gasteiger partial charge in [0, 0.05) is 5.56 Å². The van der Waals surface area contributed by atoms with Crippen LogP contribution in [0, 0.1) is 10.1 Å². The minimum absolute atomic E-state index is 0.431. The van der Waals surface area contributed by atoms with Gasteiger partial charge >= 0.3 is 12.3 Å². The Bertz CT molecular complexity index is 560. The maximum Gasteiger partial charge on any atom is 0.573 e. The van der Waals surface area contributed by atoms with Gasteiger partial charge in [0.05, 0.1) is 11.0 Å². The monoisotopic (exact) mass is 295 g/mol. The Labute approximate surface area is 108 Å². The number of carboxylic acid groups (broad SMARTS) is 1. The number of carboxylic acids is 1. The second-order valence-electron chi connectivity index (χ2n) is 3.57. The topological polar surface area (TPSA) is 142 Å². The van der Waals surface area contributed by atoms with Crippen LogP contribution in [-0.2, 0) is 4.79 Å². The first-order valence-electron chi connectivity index (χ1n) is 4.85. The lowest BCUT2D eigenvalue weighted by molar-refractivity contribution is -0.384. The number of halogens is 3. The van der Waals surface area contributed by atoms with Crippen molar-refractivity contribution in [3.05, 3.63) is 27.8 Å². The quantitative estimate of drug-likeness (QED) is 0.429. The largest absolute Gasteiger partial charge is 0.573 e. The van der Waals surface area contributed by atoms with E-state index in [2.05, 4.69) is 4.74 Å². The minimum Gasteiger partial charge on any atom is -0.480 e. The molecule has 0 unspecified atom stereocenters. The standard InChI is InChI=1S/C9H8F3N3O5/c10-9(11,12)20-3-1-4(7(14)8(16)17)6(13)5(2-3)15(18)19/h1-2,7H,13-14H2,(H,16,17)/t7-/m0/s1. The van der Waals surface area contributed by atoms with E-state index in [0.29, 0.717) is 12.1 Å². The summed E-state index contributed by atoms with van der Waals surface area (Å²) >= 11 is 0. The number of hydrogen-bond acceptors (Lipinski definition) is 6. The SMILES string of the molecule is Nc1c([C@H](N)C(=O)O)cc(OC(F)(F)F)cc1[N+](=O)[O-]. The van der Waals surface area contributed by atoms with Crippen molar-refractivity contribution in [3.8, 4) is 5.75 Å². The molecule has 1 atom stereocenters. The fraction of sp³-hybridized carbons (Fsp3) is 0.222. The molecule has 110 valence electrons. The summed E-state index contributed by atoms with van der Waals surface area (Å²) in [6.45, 7) is 0. The lowest BCUT2D eigenvalue weighted by Gasteiger charge is -2.14. The first kappa shape index (κ1) is 15.5. The summed E-state index contributed by atoms with van der Waals surface area (Å²) in [4.78, 5) is 20.3.